The van der Waals surface area contributed by atoms with Crippen LogP contribution in [0, 0.1) is 0 Å². The van der Waals surface area contributed by atoms with E-state index in [0.717, 1.165) is 22.8 Å². The Bertz CT molecular complexity index is 464. The van der Waals surface area contributed by atoms with Crippen LogP contribution in [0.5, 0.6) is 0 Å². The van der Waals surface area contributed by atoms with Gasteiger partial charge in [0.15, 0.2) is 0 Å². The maximum atomic E-state index is 3.84. The molecule has 19 heavy (non-hydrogen) atoms. The first-order chi connectivity index (χ1) is 9.31. The molecule has 3 heteroatoms. The number of nitrogens with zero attached hydrogens (tertiary/aromatic N) is 1. The number of hydrogen-bond acceptors (Lipinski definition) is 2. The molecule has 0 aromatic heterocycles. The van der Waals surface area contributed by atoms with Crippen LogP contribution in [0.25, 0.3) is 0 Å². The van der Waals surface area contributed by atoms with Crippen molar-refractivity contribution in [3.63, 3.8) is 0 Å². The lowest BCUT2D eigenvalue weighted by Crippen LogP contribution is -2.45. The summed E-state index contributed by atoms with van der Waals surface area (Å²) in [6, 6.07) is 10.7. The van der Waals surface area contributed by atoms with Gasteiger partial charge in [0.2, 0.25) is 0 Å². The summed E-state index contributed by atoms with van der Waals surface area (Å²) in [6.45, 7) is 1.29. The van der Waals surface area contributed by atoms with Crippen molar-refractivity contribution in [1.82, 2.24) is 4.90 Å². The summed E-state index contributed by atoms with van der Waals surface area (Å²) in [5.74, 6) is 2.05. The molecule has 0 aliphatic carbocycles. The fourth-order valence-corrected chi connectivity index (χ4v) is 6.25. The minimum Gasteiger partial charge on any atom is -0.297 e. The molecule has 0 radical (unpaired) electrons. The van der Waals surface area contributed by atoms with Crippen LogP contribution >= 0.6 is 27.7 Å². The highest BCUT2D eigenvalue weighted by Crippen LogP contribution is 2.44. The van der Waals surface area contributed by atoms with E-state index in [2.05, 4.69) is 56.9 Å². The lowest BCUT2D eigenvalue weighted by molar-refractivity contribution is 0.139. The van der Waals surface area contributed by atoms with Gasteiger partial charge in [0, 0.05) is 40.0 Å². The lowest BCUT2D eigenvalue weighted by atomic mass is 9.96. The first-order valence-corrected chi connectivity index (χ1v) is 9.33. The smallest absolute Gasteiger partial charge is 0.0175 e. The van der Waals surface area contributed by atoms with Crippen molar-refractivity contribution in [2.75, 3.05) is 12.3 Å². The van der Waals surface area contributed by atoms with Gasteiger partial charge >= 0.3 is 0 Å². The fourth-order valence-electron chi connectivity index (χ4n) is 4.14. The van der Waals surface area contributed by atoms with E-state index in [-0.39, 0.29) is 0 Å². The highest BCUT2D eigenvalue weighted by atomic mass is 79.9. The molecular weight excluding hydrogens is 318 g/mol. The molecule has 3 aliphatic heterocycles. The van der Waals surface area contributed by atoms with Gasteiger partial charge in [-0.2, -0.15) is 0 Å². The normalized spacial score (nSPS) is 37.5. The van der Waals surface area contributed by atoms with Crippen molar-refractivity contribution in [1.29, 1.82) is 0 Å². The Morgan fingerprint density at radius 3 is 2.68 bits per heavy atom. The molecule has 2 bridgehead atoms. The van der Waals surface area contributed by atoms with E-state index in [4.69, 9.17) is 0 Å². The summed E-state index contributed by atoms with van der Waals surface area (Å²) in [4.78, 5) is 5.13. The second kappa shape index (κ2) is 5.09. The number of thioether (sulfide) groups is 1. The highest BCUT2D eigenvalue weighted by molar-refractivity contribution is 9.09. The molecule has 2 fully saturated rings. The Balaban J connectivity index is 1.51. The van der Waals surface area contributed by atoms with Gasteiger partial charge in [0.25, 0.3) is 0 Å². The van der Waals surface area contributed by atoms with E-state index in [9.17, 15) is 0 Å². The third-order valence-corrected chi connectivity index (χ3v) is 7.06. The van der Waals surface area contributed by atoms with Crippen LogP contribution in [0.3, 0.4) is 0 Å². The molecule has 0 N–H and O–H groups in total. The zero-order chi connectivity index (χ0) is 12.8. The summed E-state index contributed by atoms with van der Waals surface area (Å²) < 4.78 is 0. The van der Waals surface area contributed by atoms with Crippen LogP contribution in [-0.4, -0.2) is 34.1 Å². The molecule has 1 aromatic rings. The third kappa shape index (κ3) is 2.28. The predicted molar refractivity (Wildman–Crippen MR) is 85.4 cm³/mol. The summed E-state index contributed by atoms with van der Waals surface area (Å²) in [5.41, 5.74) is 1.60. The average molecular weight is 338 g/mol. The van der Waals surface area contributed by atoms with Gasteiger partial charge < -0.3 is 0 Å². The molecule has 0 saturated carbocycles. The minimum atomic E-state index is 0.760. The predicted octanol–water partition coefficient (Wildman–Crippen LogP) is 4.27. The molecule has 3 heterocycles. The molecule has 3 unspecified atom stereocenters. The second-order valence-corrected chi connectivity index (χ2v) is 8.55. The van der Waals surface area contributed by atoms with E-state index < -0.39 is 0 Å². The standard InChI is InChI=1S/C16H20BrNS/c17-12-7-13-5-6-14(8-12)18(13)9-11-10-19-16-4-2-1-3-15(11)16/h1-4,11-14H,5-10H2. The zero-order valence-electron chi connectivity index (χ0n) is 11.1. The van der Waals surface area contributed by atoms with Gasteiger partial charge in [-0.1, -0.05) is 34.1 Å². The Morgan fingerprint density at radius 2 is 1.89 bits per heavy atom. The third-order valence-electron chi connectivity index (χ3n) is 5.06. The van der Waals surface area contributed by atoms with Crippen molar-refractivity contribution < 1.29 is 0 Å². The SMILES string of the molecule is BrC1CC2CCC(C1)N2CC1CSc2ccccc21. The van der Waals surface area contributed by atoms with Crippen LogP contribution < -0.4 is 0 Å². The maximum Gasteiger partial charge on any atom is 0.0175 e. The number of hydrogen-bond donors (Lipinski definition) is 0. The van der Waals surface area contributed by atoms with Gasteiger partial charge in [-0.25, -0.2) is 0 Å². The summed E-state index contributed by atoms with van der Waals surface area (Å²) in [6.07, 6.45) is 5.57. The molecule has 2 saturated heterocycles. The van der Waals surface area contributed by atoms with E-state index in [1.54, 1.807) is 5.56 Å². The molecular formula is C16H20BrNS. The van der Waals surface area contributed by atoms with Gasteiger partial charge in [0.05, 0.1) is 0 Å². The quantitative estimate of drug-likeness (QED) is 0.741. The number of piperidine rings is 1. The lowest BCUT2D eigenvalue weighted by Gasteiger charge is -2.38. The van der Waals surface area contributed by atoms with Gasteiger partial charge in [0.1, 0.15) is 0 Å². The van der Waals surface area contributed by atoms with Crippen molar-refractivity contribution in [3.8, 4) is 0 Å². The summed E-state index contributed by atoms with van der Waals surface area (Å²) >= 11 is 5.90. The van der Waals surface area contributed by atoms with Crippen molar-refractivity contribution in [3.05, 3.63) is 29.8 Å². The zero-order valence-corrected chi connectivity index (χ0v) is 13.5. The van der Waals surface area contributed by atoms with E-state index in [1.165, 1.54) is 42.9 Å². The average Bonchev–Trinajstić information content (AvgIpc) is 2.92. The van der Waals surface area contributed by atoms with Crippen molar-refractivity contribution in [2.45, 2.75) is 53.4 Å². The Hall–Kier alpha value is 0.0100. The molecule has 1 nitrogen and oxygen atoms in total. The first-order valence-electron chi connectivity index (χ1n) is 7.43. The van der Waals surface area contributed by atoms with Crippen molar-refractivity contribution in [2.24, 2.45) is 0 Å². The summed E-state index contributed by atoms with van der Waals surface area (Å²) in [7, 11) is 0. The van der Waals surface area contributed by atoms with Crippen LogP contribution in [0.2, 0.25) is 0 Å². The molecule has 0 spiro atoms. The Labute approximate surface area is 128 Å². The maximum absolute atomic E-state index is 3.84. The van der Waals surface area contributed by atoms with Crippen LogP contribution in [0.4, 0.5) is 0 Å². The van der Waals surface area contributed by atoms with Gasteiger partial charge in [-0.05, 0) is 37.3 Å². The second-order valence-electron chi connectivity index (χ2n) is 6.20. The van der Waals surface area contributed by atoms with Crippen LogP contribution in [0.1, 0.15) is 37.2 Å². The number of benzene rings is 1. The molecule has 4 rings (SSSR count). The largest absolute Gasteiger partial charge is 0.297 e. The Morgan fingerprint density at radius 1 is 1.16 bits per heavy atom. The topological polar surface area (TPSA) is 3.24 Å². The monoisotopic (exact) mass is 337 g/mol. The van der Waals surface area contributed by atoms with Crippen molar-refractivity contribution >= 4 is 27.7 Å². The van der Waals surface area contributed by atoms with E-state index in [1.807, 2.05) is 0 Å². The molecule has 3 atom stereocenters. The number of rotatable bonds is 2. The fraction of sp³-hybridized carbons (Fsp3) is 0.625. The number of halogens is 1. The number of alkyl halides is 1. The Kier molecular flexibility index (Phi) is 3.41. The van der Waals surface area contributed by atoms with Crippen LogP contribution in [-0.2, 0) is 0 Å². The van der Waals surface area contributed by atoms with E-state index >= 15 is 0 Å². The highest BCUT2D eigenvalue weighted by Gasteiger charge is 2.41. The van der Waals surface area contributed by atoms with Gasteiger partial charge in [-0.15, -0.1) is 11.8 Å². The van der Waals surface area contributed by atoms with E-state index in [0.29, 0.717) is 0 Å². The first kappa shape index (κ1) is 12.7. The van der Waals surface area contributed by atoms with Crippen LogP contribution in [0.15, 0.2) is 29.2 Å². The molecule has 3 aliphatic rings. The molecule has 0 amide bonds. The summed E-state index contributed by atoms with van der Waals surface area (Å²) in [5, 5.41) is 0. The molecule has 102 valence electrons. The minimum absolute atomic E-state index is 0.760. The van der Waals surface area contributed by atoms with Gasteiger partial charge in [-0.3, -0.25) is 4.90 Å². The number of fused-ring (bicyclic) bond motifs is 3. The molecule has 1 aromatic carbocycles.